The smallest absolute Gasteiger partial charge is 0.416 e. The molecule has 1 amide bonds. The molecule has 2 aromatic rings. The van der Waals surface area contributed by atoms with Gasteiger partial charge in [0.2, 0.25) is 5.69 Å². The van der Waals surface area contributed by atoms with Crippen molar-refractivity contribution in [2.75, 3.05) is 17.5 Å². The molecule has 25 heavy (non-hydrogen) atoms. The molecular formula is C15H13F3N2O4S. The van der Waals surface area contributed by atoms with Gasteiger partial charge in [0, 0.05) is 5.69 Å². The third-order valence-corrected chi connectivity index (χ3v) is 3.41. The van der Waals surface area contributed by atoms with Crippen LogP contribution in [-0.4, -0.2) is 29.2 Å². The van der Waals surface area contributed by atoms with Crippen LogP contribution in [0.5, 0.6) is 0 Å². The molecule has 1 aromatic carbocycles. The Morgan fingerprint density at radius 2 is 1.92 bits per heavy atom. The van der Waals surface area contributed by atoms with Crippen molar-refractivity contribution in [3.05, 3.63) is 46.8 Å². The van der Waals surface area contributed by atoms with E-state index < -0.39 is 23.6 Å². The lowest BCUT2D eigenvalue weighted by Gasteiger charge is -2.09. The van der Waals surface area contributed by atoms with Crippen molar-refractivity contribution in [1.82, 2.24) is 5.16 Å². The SMILES string of the molecule is CSCOC(=O)c1noc(C)c1C(=O)Nc1ccc(C(F)(F)F)cc1. The second kappa shape index (κ2) is 7.60. The highest BCUT2D eigenvalue weighted by Crippen LogP contribution is 2.30. The van der Waals surface area contributed by atoms with Gasteiger partial charge >= 0.3 is 12.1 Å². The van der Waals surface area contributed by atoms with Gasteiger partial charge in [-0.2, -0.15) is 13.2 Å². The summed E-state index contributed by atoms with van der Waals surface area (Å²) in [6.45, 7) is 1.43. The number of carbonyl (C=O) groups is 2. The van der Waals surface area contributed by atoms with E-state index in [4.69, 9.17) is 9.26 Å². The molecule has 0 saturated carbocycles. The monoisotopic (exact) mass is 374 g/mol. The first-order chi connectivity index (χ1) is 11.7. The Kier molecular flexibility index (Phi) is 5.73. The predicted molar refractivity (Wildman–Crippen MR) is 84.4 cm³/mol. The number of anilines is 1. The zero-order chi connectivity index (χ0) is 18.6. The minimum atomic E-state index is -4.47. The summed E-state index contributed by atoms with van der Waals surface area (Å²) >= 11 is 1.26. The summed E-state index contributed by atoms with van der Waals surface area (Å²) in [5.41, 5.74) is -1.14. The second-order valence-electron chi connectivity index (χ2n) is 4.83. The third-order valence-electron chi connectivity index (χ3n) is 3.06. The number of amides is 1. The van der Waals surface area contributed by atoms with Gasteiger partial charge in [0.25, 0.3) is 5.91 Å². The molecule has 1 N–H and O–H groups in total. The Bertz CT molecular complexity index is 772. The van der Waals surface area contributed by atoms with E-state index in [9.17, 15) is 22.8 Å². The molecule has 1 aromatic heterocycles. The summed E-state index contributed by atoms with van der Waals surface area (Å²) in [7, 11) is 0. The lowest BCUT2D eigenvalue weighted by atomic mass is 10.1. The standard InChI is InChI=1S/C15H13F3N2O4S/c1-8-11(12(20-24-8)14(22)23-7-25-2)13(21)19-10-5-3-9(4-6-10)15(16,17)18/h3-6H,7H2,1-2H3,(H,19,21). The van der Waals surface area contributed by atoms with Crippen LogP contribution in [0.15, 0.2) is 28.8 Å². The number of ether oxygens (including phenoxy) is 1. The van der Waals surface area contributed by atoms with Gasteiger partial charge < -0.3 is 14.6 Å². The molecule has 134 valence electrons. The number of hydrogen-bond acceptors (Lipinski definition) is 6. The van der Waals surface area contributed by atoms with E-state index >= 15 is 0 Å². The van der Waals surface area contributed by atoms with Crippen LogP contribution in [0.4, 0.5) is 18.9 Å². The zero-order valence-corrected chi connectivity index (χ0v) is 14.0. The number of rotatable bonds is 5. The number of hydrogen-bond donors (Lipinski definition) is 1. The van der Waals surface area contributed by atoms with Crippen LogP contribution < -0.4 is 5.32 Å². The van der Waals surface area contributed by atoms with Crippen LogP contribution in [0.2, 0.25) is 0 Å². The number of aromatic nitrogens is 1. The maximum absolute atomic E-state index is 12.5. The third kappa shape index (κ3) is 4.53. The number of aryl methyl sites for hydroxylation is 1. The lowest BCUT2D eigenvalue weighted by Crippen LogP contribution is -2.18. The summed E-state index contributed by atoms with van der Waals surface area (Å²) in [6.07, 6.45) is -2.75. The molecule has 0 saturated heterocycles. The maximum atomic E-state index is 12.5. The molecule has 0 unspecified atom stereocenters. The fourth-order valence-electron chi connectivity index (χ4n) is 1.90. The summed E-state index contributed by atoms with van der Waals surface area (Å²) in [4.78, 5) is 24.2. The van der Waals surface area contributed by atoms with E-state index in [0.29, 0.717) is 0 Å². The van der Waals surface area contributed by atoms with Gasteiger partial charge in [0.15, 0.2) is 0 Å². The van der Waals surface area contributed by atoms with Gasteiger partial charge in [0.1, 0.15) is 17.3 Å². The van der Waals surface area contributed by atoms with E-state index in [0.717, 1.165) is 24.3 Å². The number of nitrogens with zero attached hydrogens (tertiary/aromatic N) is 1. The first kappa shape index (κ1) is 18.8. The topological polar surface area (TPSA) is 81.4 Å². The van der Waals surface area contributed by atoms with Crippen LogP contribution in [0, 0.1) is 6.92 Å². The highest BCUT2D eigenvalue weighted by atomic mass is 32.2. The van der Waals surface area contributed by atoms with Gasteiger partial charge in [-0.1, -0.05) is 5.16 Å². The molecule has 10 heteroatoms. The van der Waals surface area contributed by atoms with E-state index in [1.165, 1.54) is 18.7 Å². The summed E-state index contributed by atoms with van der Waals surface area (Å²) < 4.78 is 47.4. The Morgan fingerprint density at radius 3 is 2.48 bits per heavy atom. The van der Waals surface area contributed by atoms with Gasteiger partial charge in [0.05, 0.1) is 5.56 Å². The fourth-order valence-corrected chi connectivity index (χ4v) is 2.12. The van der Waals surface area contributed by atoms with Crippen LogP contribution in [-0.2, 0) is 10.9 Å². The van der Waals surface area contributed by atoms with Crippen molar-refractivity contribution in [2.24, 2.45) is 0 Å². The largest absolute Gasteiger partial charge is 0.450 e. The average Bonchev–Trinajstić information content (AvgIpc) is 2.94. The Morgan fingerprint density at radius 1 is 1.28 bits per heavy atom. The number of nitrogens with one attached hydrogen (secondary N) is 1. The van der Waals surface area contributed by atoms with Crippen molar-refractivity contribution in [3.63, 3.8) is 0 Å². The van der Waals surface area contributed by atoms with Gasteiger partial charge in [-0.05, 0) is 37.4 Å². The highest BCUT2D eigenvalue weighted by Gasteiger charge is 2.30. The number of halogens is 3. The van der Waals surface area contributed by atoms with Crippen molar-refractivity contribution in [2.45, 2.75) is 13.1 Å². The lowest BCUT2D eigenvalue weighted by molar-refractivity contribution is -0.137. The molecule has 0 aliphatic heterocycles. The molecule has 0 fully saturated rings. The van der Waals surface area contributed by atoms with Crippen LogP contribution >= 0.6 is 11.8 Å². The molecule has 0 aliphatic rings. The maximum Gasteiger partial charge on any atom is 0.416 e. The number of alkyl halides is 3. The molecule has 0 spiro atoms. The average molecular weight is 374 g/mol. The second-order valence-corrected chi connectivity index (χ2v) is 5.64. The Hall–Kier alpha value is -2.49. The van der Waals surface area contributed by atoms with Crippen LogP contribution in [0.1, 0.15) is 32.2 Å². The molecule has 2 rings (SSSR count). The highest BCUT2D eigenvalue weighted by molar-refractivity contribution is 7.98. The minimum absolute atomic E-state index is 0.0741. The van der Waals surface area contributed by atoms with E-state index in [-0.39, 0.29) is 28.6 Å². The van der Waals surface area contributed by atoms with E-state index in [1.54, 1.807) is 6.26 Å². The number of carbonyl (C=O) groups excluding carboxylic acids is 2. The summed E-state index contributed by atoms with van der Waals surface area (Å²) in [6, 6.07) is 3.89. The quantitative estimate of drug-likeness (QED) is 0.634. The van der Waals surface area contributed by atoms with Crippen molar-refractivity contribution in [1.29, 1.82) is 0 Å². The number of esters is 1. The number of benzene rings is 1. The molecule has 0 radical (unpaired) electrons. The van der Waals surface area contributed by atoms with Crippen molar-refractivity contribution in [3.8, 4) is 0 Å². The normalized spacial score (nSPS) is 11.2. The van der Waals surface area contributed by atoms with Gasteiger partial charge in [-0.15, -0.1) is 11.8 Å². The molecule has 0 atom stereocenters. The molecule has 6 nitrogen and oxygen atoms in total. The fraction of sp³-hybridized carbons (Fsp3) is 0.267. The zero-order valence-electron chi connectivity index (χ0n) is 13.1. The minimum Gasteiger partial charge on any atom is -0.450 e. The first-order valence-corrected chi connectivity index (χ1v) is 8.24. The van der Waals surface area contributed by atoms with Crippen molar-refractivity contribution >= 4 is 29.3 Å². The van der Waals surface area contributed by atoms with E-state index in [1.807, 2.05) is 0 Å². The first-order valence-electron chi connectivity index (χ1n) is 6.85. The molecular weight excluding hydrogens is 361 g/mol. The van der Waals surface area contributed by atoms with Crippen LogP contribution in [0.25, 0.3) is 0 Å². The Balaban J connectivity index is 2.18. The predicted octanol–water partition coefficient (Wildman–Crippen LogP) is 3.73. The van der Waals surface area contributed by atoms with Gasteiger partial charge in [-0.25, -0.2) is 4.79 Å². The molecule has 0 aliphatic carbocycles. The molecule has 1 heterocycles. The summed E-state index contributed by atoms with van der Waals surface area (Å²) in [5.74, 6) is -1.41. The van der Waals surface area contributed by atoms with Crippen LogP contribution in [0.3, 0.4) is 0 Å². The summed E-state index contributed by atoms with van der Waals surface area (Å²) in [5, 5.41) is 5.91. The van der Waals surface area contributed by atoms with Crippen molar-refractivity contribution < 1.29 is 32.0 Å². The Labute approximate surface area is 144 Å². The van der Waals surface area contributed by atoms with E-state index in [2.05, 4.69) is 10.5 Å². The number of thioether (sulfide) groups is 1. The molecule has 0 bridgehead atoms. The van der Waals surface area contributed by atoms with Gasteiger partial charge in [-0.3, -0.25) is 4.79 Å².